The summed E-state index contributed by atoms with van der Waals surface area (Å²) in [6.45, 7) is 13.3. The smallest absolute Gasteiger partial charge is 0.120 e. The molecule has 0 unspecified atom stereocenters. The van der Waals surface area contributed by atoms with Gasteiger partial charge >= 0.3 is 0 Å². The van der Waals surface area contributed by atoms with Crippen molar-refractivity contribution >= 4 is 11.7 Å². The van der Waals surface area contributed by atoms with Crippen molar-refractivity contribution in [2.45, 2.75) is 39.5 Å². The van der Waals surface area contributed by atoms with Crippen LogP contribution < -0.4 is 5.32 Å². The number of aromatic nitrogens is 2. The first-order valence-electron chi connectivity index (χ1n) is 6.80. The second kappa shape index (κ2) is 8.33. The standard InChI is InChI=1S/C15H24N4/c1-5-16-10-8-6-7-9-11-17-15(4)19-14(3)12-13(2)18-19/h12,17H,1,4,6-11H2,2-3H3. The van der Waals surface area contributed by atoms with Gasteiger partial charge in [0.05, 0.1) is 5.69 Å². The molecule has 104 valence electrons. The third-order valence-electron chi connectivity index (χ3n) is 2.90. The lowest BCUT2D eigenvalue weighted by Gasteiger charge is -2.10. The van der Waals surface area contributed by atoms with E-state index in [2.05, 4.69) is 34.4 Å². The SMILES string of the molecule is C=C=NCCCCCCNC(=C)n1nc(C)cc1C. The summed E-state index contributed by atoms with van der Waals surface area (Å²) in [5.41, 5.74) is 2.13. The molecule has 0 saturated carbocycles. The molecule has 19 heavy (non-hydrogen) atoms. The summed E-state index contributed by atoms with van der Waals surface area (Å²) in [6.07, 6.45) is 4.64. The zero-order valence-electron chi connectivity index (χ0n) is 12.1. The zero-order valence-corrected chi connectivity index (χ0v) is 12.1. The molecule has 0 aliphatic rings. The molecule has 1 aromatic rings. The minimum atomic E-state index is 0.843. The summed E-state index contributed by atoms with van der Waals surface area (Å²) in [7, 11) is 0. The Balaban J connectivity index is 2.14. The monoisotopic (exact) mass is 260 g/mol. The highest BCUT2D eigenvalue weighted by Crippen LogP contribution is 2.06. The van der Waals surface area contributed by atoms with E-state index in [1.807, 2.05) is 24.6 Å². The van der Waals surface area contributed by atoms with E-state index in [0.717, 1.165) is 43.1 Å². The first kappa shape index (κ1) is 15.3. The van der Waals surface area contributed by atoms with E-state index in [1.165, 1.54) is 12.8 Å². The normalized spacial score (nSPS) is 10.0. The third kappa shape index (κ3) is 5.58. The molecular weight excluding hydrogens is 236 g/mol. The van der Waals surface area contributed by atoms with Crippen molar-refractivity contribution in [3.8, 4) is 0 Å². The van der Waals surface area contributed by atoms with Crippen LogP contribution in [0.4, 0.5) is 0 Å². The predicted molar refractivity (Wildman–Crippen MR) is 81.4 cm³/mol. The summed E-state index contributed by atoms with van der Waals surface area (Å²) in [5, 5.41) is 7.70. The second-order valence-corrected chi connectivity index (χ2v) is 4.67. The molecule has 1 N–H and O–H groups in total. The van der Waals surface area contributed by atoms with Gasteiger partial charge in [-0.25, -0.2) is 9.67 Å². The molecule has 0 radical (unpaired) electrons. The van der Waals surface area contributed by atoms with Crippen molar-refractivity contribution in [2.24, 2.45) is 4.99 Å². The van der Waals surface area contributed by atoms with Gasteiger partial charge in [0, 0.05) is 18.8 Å². The fourth-order valence-corrected chi connectivity index (χ4v) is 1.96. The van der Waals surface area contributed by atoms with E-state index in [9.17, 15) is 0 Å². The van der Waals surface area contributed by atoms with Crippen molar-refractivity contribution in [3.05, 3.63) is 30.6 Å². The Morgan fingerprint density at radius 2 is 2.11 bits per heavy atom. The summed E-state index contributed by atoms with van der Waals surface area (Å²) < 4.78 is 1.86. The molecule has 1 aromatic heterocycles. The van der Waals surface area contributed by atoms with Gasteiger partial charge in [-0.1, -0.05) is 19.4 Å². The topological polar surface area (TPSA) is 42.2 Å². The van der Waals surface area contributed by atoms with Crippen molar-refractivity contribution in [1.29, 1.82) is 0 Å². The van der Waals surface area contributed by atoms with E-state index >= 15 is 0 Å². The Labute approximate surface area is 115 Å². The quantitative estimate of drug-likeness (QED) is 0.548. The van der Waals surface area contributed by atoms with Crippen LogP contribution in [0.1, 0.15) is 37.1 Å². The van der Waals surface area contributed by atoms with Gasteiger partial charge < -0.3 is 5.32 Å². The Hall–Kier alpha value is -1.80. The van der Waals surface area contributed by atoms with Gasteiger partial charge in [0.15, 0.2) is 0 Å². The highest BCUT2D eigenvalue weighted by Gasteiger charge is 2.03. The van der Waals surface area contributed by atoms with E-state index in [0.29, 0.717) is 0 Å². The van der Waals surface area contributed by atoms with Crippen molar-refractivity contribution < 1.29 is 0 Å². The second-order valence-electron chi connectivity index (χ2n) is 4.67. The van der Waals surface area contributed by atoms with Crippen molar-refractivity contribution in [3.63, 3.8) is 0 Å². The summed E-state index contributed by atoms with van der Waals surface area (Å²) in [6, 6.07) is 2.05. The number of unbranched alkanes of at least 4 members (excludes halogenated alkanes) is 3. The predicted octanol–water partition coefficient (Wildman–Crippen LogP) is 2.93. The number of nitrogens with zero attached hydrogens (tertiary/aromatic N) is 3. The Morgan fingerprint density at radius 1 is 1.37 bits per heavy atom. The average molecular weight is 260 g/mol. The first-order valence-corrected chi connectivity index (χ1v) is 6.80. The molecule has 0 fully saturated rings. The fraction of sp³-hybridized carbons (Fsp3) is 0.533. The molecule has 1 heterocycles. The summed E-state index contributed by atoms with van der Waals surface area (Å²) in [5.74, 6) is 3.40. The van der Waals surface area contributed by atoms with Crippen LogP contribution in [0.5, 0.6) is 0 Å². The number of aliphatic imine (C=N–C) groups is 1. The molecule has 0 spiro atoms. The van der Waals surface area contributed by atoms with Gasteiger partial charge in [-0.2, -0.15) is 5.10 Å². The molecule has 0 bridgehead atoms. The molecule has 0 atom stereocenters. The van der Waals surface area contributed by atoms with Crippen LogP contribution in [0.2, 0.25) is 0 Å². The highest BCUT2D eigenvalue weighted by molar-refractivity contribution is 5.46. The molecule has 4 nitrogen and oxygen atoms in total. The molecule has 0 aliphatic heterocycles. The molecule has 1 rings (SSSR count). The molecule has 4 heteroatoms. The number of hydrogen-bond acceptors (Lipinski definition) is 3. The molecule has 0 amide bonds. The van der Waals surface area contributed by atoms with Gasteiger partial charge in [0.1, 0.15) is 5.82 Å². The van der Waals surface area contributed by atoms with Crippen molar-refractivity contribution in [2.75, 3.05) is 13.1 Å². The molecule has 0 saturated heterocycles. The van der Waals surface area contributed by atoms with Crippen LogP contribution in [0.25, 0.3) is 5.82 Å². The fourth-order valence-electron chi connectivity index (χ4n) is 1.96. The number of nitrogens with one attached hydrogen (secondary N) is 1. The zero-order chi connectivity index (χ0) is 14.1. The minimum Gasteiger partial charge on any atom is -0.371 e. The Morgan fingerprint density at radius 3 is 2.74 bits per heavy atom. The van der Waals surface area contributed by atoms with Crippen molar-refractivity contribution in [1.82, 2.24) is 15.1 Å². The van der Waals surface area contributed by atoms with Crippen LogP contribution in [0, 0.1) is 13.8 Å². The van der Waals surface area contributed by atoms with E-state index in [4.69, 9.17) is 0 Å². The maximum atomic E-state index is 4.39. The van der Waals surface area contributed by atoms with Crippen LogP contribution in [0.3, 0.4) is 0 Å². The lowest BCUT2D eigenvalue weighted by Crippen LogP contribution is -2.19. The van der Waals surface area contributed by atoms with Gasteiger partial charge in [-0.3, -0.25) is 0 Å². The maximum absolute atomic E-state index is 4.39. The van der Waals surface area contributed by atoms with Crippen LogP contribution >= 0.6 is 0 Å². The average Bonchev–Trinajstić information content (AvgIpc) is 2.71. The van der Waals surface area contributed by atoms with Gasteiger partial charge in [-0.05, 0) is 45.2 Å². The number of hydrogen-bond donors (Lipinski definition) is 1. The summed E-state index contributed by atoms with van der Waals surface area (Å²) in [4.78, 5) is 3.97. The minimum absolute atomic E-state index is 0.843. The molecular formula is C15H24N4. The lowest BCUT2D eigenvalue weighted by molar-refractivity contribution is 0.624. The first-order chi connectivity index (χ1) is 9.15. The van der Waals surface area contributed by atoms with Gasteiger partial charge in [0.2, 0.25) is 0 Å². The number of rotatable bonds is 9. The van der Waals surface area contributed by atoms with E-state index in [1.54, 1.807) is 0 Å². The Kier molecular flexibility index (Phi) is 6.69. The number of aryl methyl sites for hydroxylation is 2. The van der Waals surface area contributed by atoms with Crippen LogP contribution in [-0.4, -0.2) is 28.7 Å². The molecule has 0 aliphatic carbocycles. The highest BCUT2D eigenvalue weighted by atomic mass is 15.3. The maximum Gasteiger partial charge on any atom is 0.120 e. The van der Waals surface area contributed by atoms with Gasteiger partial charge in [0.25, 0.3) is 0 Å². The Bertz CT molecular complexity index is 453. The van der Waals surface area contributed by atoms with Crippen LogP contribution in [-0.2, 0) is 0 Å². The van der Waals surface area contributed by atoms with E-state index in [-0.39, 0.29) is 0 Å². The largest absolute Gasteiger partial charge is 0.371 e. The summed E-state index contributed by atoms with van der Waals surface area (Å²) >= 11 is 0. The van der Waals surface area contributed by atoms with Crippen LogP contribution in [0.15, 0.2) is 24.2 Å². The molecule has 0 aromatic carbocycles. The van der Waals surface area contributed by atoms with E-state index < -0.39 is 0 Å². The lowest BCUT2D eigenvalue weighted by atomic mass is 10.2. The third-order valence-corrected chi connectivity index (χ3v) is 2.90. The van der Waals surface area contributed by atoms with Gasteiger partial charge in [-0.15, -0.1) is 0 Å².